The third-order valence-electron chi connectivity index (χ3n) is 4.31. The summed E-state index contributed by atoms with van der Waals surface area (Å²) in [4.78, 5) is 28.4. The van der Waals surface area contributed by atoms with E-state index >= 15 is 0 Å². The van der Waals surface area contributed by atoms with Crippen LogP contribution in [-0.4, -0.2) is 36.9 Å². The van der Waals surface area contributed by atoms with Gasteiger partial charge in [-0.3, -0.25) is 9.59 Å². The van der Waals surface area contributed by atoms with Crippen molar-refractivity contribution in [2.75, 3.05) is 25.0 Å². The fourth-order valence-electron chi connectivity index (χ4n) is 3.09. The molecule has 1 atom stereocenters. The van der Waals surface area contributed by atoms with Crippen LogP contribution in [0.1, 0.15) is 18.9 Å². The van der Waals surface area contributed by atoms with Gasteiger partial charge in [-0.1, -0.05) is 30.4 Å². The predicted octanol–water partition coefficient (Wildman–Crippen LogP) is 1.71. The second-order valence-electron chi connectivity index (χ2n) is 5.66. The van der Waals surface area contributed by atoms with Gasteiger partial charge in [-0.25, -0.2) is 0 Å². The van der Waals surface area contributed by atoms with Crippen LogP contribution < -0.4 is 4.90 Å². The molecule has 0 bridgehead atoms. The zero-order valence-electron chi connectivity index (χ0n) is 11.8. The van der Waals surface area contributed by atoms with Crippen molar-refractivity contribution >= 4 is 17.5 Å². The Hall–Kier alpha value is -2.10. The van der Waals surface area contributed by atoms with Gasteiger partial charge in [0.2, 0.25) is 11.8 Å². The molecule has 2 aliphatic heterocycles. The highest BCUT2D eigenvalue weighted by molar-refractivity contribution is 6.09. The van der Waals surface area contributed by atoms with Crippen LogP contribution in [0.2, 0.25) is 0 Å². The number of para-hydroxylation sites is 1. The molecule has 0 saturated carbocycles. The molecule has 0 saturated heterocycles. The molecule has 1 aromatic carbocycles. The number of nitrogens with zero attached hydrogens (tertiary/aromatic N) is 2. The molecule has 0 fully saturated rings. The number of hydrogen-bond donors (Lipinski definition) is 0. The maximum Gasteiger partial charge on any atom is 0.237 e. The van der Waals surface area contributed by atoms with Crippen molar-refractivity contribution in [2.45, 2.75) is 18.8 Å². The highest BCUT2D eigenvalue weighted by atomic mass is 16.2. The number of rotatable bonds is 2. The van der Waals surface area contributed by atoms with Gasteiger partial charge in [0.05, 0.1) is 5.41 Å². The summed E-state index contributed by atoms with van der Waals surface area (Å²) in [6.45, 7) is 3.18. The molecule has 0 aliphatic carbocycles. The number of likely N-dealkylation sites (N-methyl/N-ethyl adjacent to an activating group) is 1. The van der Waals surface area contributed by atoms with Crippen molar-refractivity contribution < 1.29 is 9.59 Å². The van der Waals surface area contributed by atoms with E-state index in [1.54, 1.807) is 16.8 Å². The van der Waals surface area contributed by atoms with E-state index in [2.05, 4.69) is 0 Å². The van der Waals surface area contributed by atoms with Gasteiger partial charge in [0.1, 0.15) is 0 Å². The molecular formula is C16H18N2O2. The minimum Gasteiger partial charge on any atom is -0.335 e. The first-order valence-electron chi connectivity index (χ1n) is 6.84. The predicted molar refractivity (Wildman–Crippen MR) is 77.5 cm³/mol. The molecule has 1 aromatic rings. The van der Waals surface area contributed by atoms with Gasteiger partial charge in [0.15, 0.2) is 0 Å². The standard InChI is InChI=1S/C16H18N2O2/c1-16(11-14(19)18-9-5-6-10-18)12-7-3-4-8-13(12)17(2)15(16)20/h3-8H,9-11H2,1-2H3. The lowest BCUT2D eigenvalue weighted by Crippen LogP contribution is -2.41. The first-order valence-corrected chi connectivity index (χ1v) is 6.84. The Bertz CT molecular complexity index is 600. The van der Waals surface area contributed by atoms with E-state index in [4.69, 9.17) is 0 Å². The van der Waals surface area contributed by atoms with E-state index in [1.807, 2.05) is 43.3 Å². The SMILES string of the molecule is CN1C(=O)C(C)(CC(=O)N2CC=CC2)c2ccccc21. The van der Waals surface area contributed by atoms with Crippen molar-refractivity contribution in [1.82, 2.24) is 4.90 Å². The van der Waals surface area contributed by atoms with Crippen LogP contribution in [-0.2, 0) is 15.0 Å². The van der Waals surface area contributed by atoms with Gasteiger partial charge in [-0.15, -0.1) is 0 Å². The molecule has 4 nitrogen and oxygen atoms in total. The minimum absolute atomic E-state index is 0.000735. The Labute approximate surface area is 118 Å². The maximum atomic E-state index is 12.6. The second kappa shape index (κ2) is 4.47. The third-order valence-corrected chi connectivity index (χ3v) is 4.31. The van der Waals surface area contributed by atoms with Crippen LogP contribution in [0.15, 0.2) is 36.4 Å². The van der Waals surface area contributed by atoms with Crippen molar-refractivity contribution in [3.63, 3.8) is 0 Å². The molecule has 0 spiro atoms. The first-order chi connectivity index (χ1) is 9.54. The Kier molecular flexibility index (Phi) is 2.89. The summed E-state index contributed by atoms with van der Waals surface area (Å²) in [5.74, 6) is 0.0372. The normalized spacial score (nSPS) is 24.4. The highest BCUT2D eigenvalue weighted by Gasteiger charge is 2.47. The zero-order chi connectivity index (χ0) is 14.3. The Balaban J connectivity index is 1.91. The fraction of sp³-hybridized carbons (Fsp3) is 0.375. The van der Waals surface area contributed by atoms with E-state index in [-0.39, 0.29) is 18.2 Å². The summed E-state index contributed by atoms with van der Waals surface area (Å²) in [5, 5.41) is 0. The second-order valence-corrected chi connectivity index (χ2v) is 5.66. The number of amides is 2. The Morgan fingerprint density at radius 1 is 1.25 bits per heavy atom. The van der Waals surface area contributed by atoms with Crippen molar-refractivity contribution in [2.24, 2.45) is 0 Å². The smallest absolute Gasteiger partial charge is 0.237 e. The lowest BCUT2D eigenvalue weighted by molar-refractivity contribution is -0.134. The van der Waals surface area contributed by atoms with E-state index in [9.17, 15) is 9.59 Å². The number of benzene rings is 1. The van der Waals surface area contributed by atoms with Crippen molar-refractivity contribution in [1.29, 1.82) is 0 Å². The molecule has 3 rings (SSSR count). The summed E-state index contributed by atoms with van der Waals surface area (Å²) in [6, 6.07) is 7.72. The van der Waals surface area contributed by atoms with Crippen LogP contribution >= 0.6 is 0 Å². The molecule has 0 radical (unpaired) electrons. The van der Waals surface area contributed by atoms with Crippen molar-refractivity contribution in [3.05, 3.63) is 42.0 Å². The average molecular weight is 270 g/mol. The minimum atomic E-state index is -0.745. The van der Waals surface area contributed by atoms with Crippen LogP contribution in [0.5, 0.6) is 0 Å². The summed E-state index contributed by atoms with van der Waals surface area (Å²) >= 11 is 0. The van der Waals surface area contributed by atoms with Crippen LogP contribution in [0.3, 0.4) is 0 Å². The first kappa shape index (κ1) is 12.9. The number of anilines is 1. The fourth-order valence-corrected chi connectivity index (χ4v) is 3.09. The maximum absolute atomic E-state index is 12.6. The van der Waals surface area contributed by atoms with Crippen LogP contribution in [0.4, 0.5) is 5.69 Å². The quantitative estimate of drug-likeness (QED) is 0.768. The van der Waals surface area contributed by atoms with E-state index in [0.29, 0.717) is 13.1 Å². The summed E-state index contributed by atoms with van der Waals surface area (Å²) < 4.78 is 0. The van der Waals surface area contributed by atoms with Gasteiger partial charge in [-0.05, 0) is 18.6 Å². The molecule has 2 aliphatic rings. The molecule has 20 heavy (non-hydrogen) atoms. The third kappa shape index (κ3) is 1.75. The topological polar surface area (TPSA) is 40.6 Å². The monoisotopic (exact) mass is 270 g/mol. The lowest BCUT2D eigenvalue weighted by atomic mass is 9.80. The molecule has 0 N–H and O–H groups in total. The molecule has 0 aromatic heterocycles. The molecule has 1 unspecified atom stereocenters. The van der Waals surface area contributed by atoms with Crippen molar-refractivity contribution in [3.8, 4) is 0 Å². The lowest BCUT2D eigenvalue weighted by Gasteiger charge is -2.25. The van der Waals surface area contributed by atoms with Gasteiger partial charge in [-0.2, -0.15) is 0 Å². The number of carbonyl (C=O) groups excluding carboxylic acids is 2. The largest absolute Gasteiger partial charge is 0.335 e. The molecule has 2 amide bonds. The Morgan fingerprint density at radius 3 is 2.60 bits per heavy atom. The van der Waals surface area contributed by atoms with E-state index in [0.717, 1.165) is 11.3 Å². The van der Waals surface area contributed by atoms with Crippen LogP contribution in [0.25, 0.3) is 0 Å². The average Bonchev–Trinajstić information content (AvgIpc) is 3.04. The van der Waals surface area contributed by atoms with Gasteiger partial charge < -0.3 is 9.80 Å². The van der Waals surface area contributed by atoms with Gasteiger partial charge in [0.25, 0.3) is 0 Å². The van der Waals surface area contributed by atoms with Crippen LogP contribution in [0, 0.1) is 0 Å². The molecule has 4 heteroatoms. The molecule has 2 heterocycles. The number of carbonyl (C=O) groups is 2. The van der Waals surface area contributed by atoms with Gasteiger partial charge >= 0.3 is 0 Å². The summed E-state index contributed by atoms with van der Waals surface area (Å²) in [7, 11) is 1.77. The van der Waals surface area contributed by atoms with E-state index < -0.39 is 5.41 Å². The molecular weight excluding hydrogens is 252 g/mol. The van der Waals surface area contributed by atoms with E-state index in [1.165, 1.54) is 0 Å². The summed E-state index contributed by atoms with van der Waals surface area (Å²) in [5.41, 5.74) is 1.12. The van der Waals surface area contributed by atoms with Gasteiger partial charge in [0, 0.05) is 32.2 Å². The zero-order valence-corrected chi connectivity index (χ0v) is 11.8. The summed E-state index contributed by atoms with van der Waals surface area (Å²) in [6.07, 6.45) is 4.20. The molecule has 104 valence electrons. The highest BCUT2D eigenvalue weighted by Crippen LogP contribution is 2.43. The number of fused-ring (bicyclic) bond motifs is 1. The Morgan fingerprint density at radius 2 is 1.90 bits per heavy atom. The number of hydrogen-bond acceptors (Lipinski definition) is 2.